The zero-order valence-electron chi connectivity index (χ0n) is 12.3. The van der Waals surface area contributed by atoms with E-state index in [2.05, 4.69) is 22.0 Å². The molecule has 1 aliphatic heterocycles. The first-order chi connectivity index (χ1) is 10.0. The molecule has 0 atom stereocenters. The van der Waals surface area contributed by atoms with Gasteiger partial charge in [0.25, 0.3) is 0 Å². The van der Waals surface area contributed by atoms with Gasteiger partial charge in [0.05, 0.1) is 18.4 Å². The van der Waals surface area contributed by atoms with Crippen LogP contribution >= 0.6 is 0 Å². The lowest BCUT2D eigenvalue weighted by atomic mass is 9.97. The summed E-state index contributed by atoms with van der Waals surface area (Å²) in [6.45, 7) is 2.64. The fourth-order valence-electron chi connectivity index (χ4n) is 2.47. The van der Waals surface area contributed by atoms with E-state index in [-0.39, 0.29) is 11.3 Å². The number of benzene rings is 1. The highest BCUT2D eigenvalue weighted by Crippen LogP contribution is 2.23. The molecule has 1 N–H and O–H groups in total. The van der Waals surface area contributed by atoms with E-state index < -0.39 is 17.6 Å². The summed E-state index contributed by atoms with van der Waals surface area (Å²) in [7, 11) is 3.20. The highest BCUT2D eigenvalue weighted by Gasteiger charge is 2.20. The summed E-state index contributed by atoms with van der Waals surface area (Å²) in [4.78, 5) is 13.5. The third kappa shape index (κ3) is 3.69. The molecule has 116 valence electrons. The van der Waals surface area contributed by atoms with Gasteiger partial charge in [0.2, 0.25) is 0 Å². The van der Waals surface area contributed by atoms with E-state index in [4.69, 9.17) is 0 Å². The molecule has 1 aromatic carbocycles. The lowest BCUT2D eigenvalue weighted by Gasteiger charge is -2.29. The Bertz CT molecular complexity index is 515. The lowest BCUT2D eigenvalue weighted by Crippen LogP contribution is -2.33. The SMILES string of the molecule is COC(=O)c1ccc(NCC2CCN(C)CC2)c(F)c1F. The number of hydrogen-bond donors (Lipinski definition) is 1. The third-order valence-corrected chi connectivity index (χ3v) is 3.91. The predicted molar refractivity (Wildman–Crippen MR) is 76.4 cm³/mol. The van der Waals surface area contributed by atoms with Crippen molar-refractivity contribution in [3.05, 3.63) is 29.3 Å². The summed E-state index contributed by atoms with van der Waals surface area (Å²) in [5.41, 5.74) is -0.307. The average molecular weight is 298 g/mol. The Morgan fingerprint density at radius 3 is 2.62 bits per heavy atom. The van der Waals surface area contributed by atoms with E-state index in [0.717, 1.165) is 33.0 Å². The Kier molecular flexibility index (Phi) is 5.12. The summed E-state index contributed by atoms with van der Waals surface area (Å²) in [6.07, 6.45) is 2.07. The van der Waals surface area contributed by atoms with Crippen molar-refractivity contribution in [3.63, 3.8) is 0 Å². The van der Waals surface area contributed by atoms with E-state index in [1.54, 1.807) is 0 Å². The molecule has 1 aliphatic rings. The number of anilines is 1. The van der Waals surface area contributed by atoms with Crippen LogP contribution in [0, 0.1) is 17.6 Å². The van der Waals surface area contributed by atoms with Crippen LogP contribution in [0.1, 0.15) is 23.2 Å². The molecular formula is C15H20F2N2O2. The molecule has 0 aliphatic carbocycles. The molecule has 0 radical (unpaired) electrons. The molecule has 1 fully saturated rings. The summed E-state index contributed by atoms with van der Waals surface area (Å²) < 4.78 is 32.1. The minimum Gasteiger partial charge on any atom is -0.465 e. The zero-order valence-corrected chi connectivity index (χ0v) is 12.3. The van der Waals surface area contributed by atoms with Crippen molar-refractivity contribution < 1.29 is 18.3 Å². The first-order valence-electron chi connectivity index (χ1n) is 7.01. The summed E-state index contributed by atoms with van der Waals surface area (Å²) in [5, 5.41) is 2.94. The number of nitrogens with zero attached hydrogens (tertiary/aromatic N) is 1. The van der Waals surface area contributed by atoms with Crippen LogP contribution in [-0.2, 0) is 4.74 Å². The number of halogens is 2. The molecule has 1 aromatic rings. The quantitative estimate of drug-likeness (QED) is 0.867. The molecule has 0 bridgehead atoms. The van der Waals surface area contributed by atoms with Crippen LogP contribution < -0.4 is 5.32 Å². The van der Waals surface area contributed by atoms with Crippen LogP contribution in [0.25, 0.3) is 0 Å². The number of piperidine rings is 1. The van der Waals surface area contributed by atoms with Crippen molar-refractivity contribution in [1.29, 1.82) is 0 Å². The number of methoxy groups -OCH3 is 1. The Hall–Kier alpha value is -1.69. The van der Waals surface area contributed by atoms with Gasteiger partial charge < -0.3 is 15.0 Å². The normalized spacial score (nSPS) is 16.8. The first-order valence-corrected chi connectivity index (χ1v) is 7.01. The number of ether oxygens (including phenoxy) is 1. The minimum absolute atomic E-state index is 0.0825. The molecule has 21 heavy (non-hydrogen) atoms. The second-order valence-corrected chi connectivity index (χ2v) is 5.41. The van der Waals surface area contributed by atoms with Crippen molar-refractivity contribution in [1.82, 2.24) is 4.90 Å². The second-order valence-electron chi connectivity index (χ2n) is 5.41. The lowest BCUT2D eigenvalue weighted by molar-refractivity contribution is 0.0594. The number of rotatable bonds is 4. The molecule has 0 amide bonds. The molecular weight excluding hydrogens is 278 g/mol. The second kappa shape index (κ2) is 6.85. The molecule has 0 spiro atoms. The smallest absolute Gasteiger partial charge is 0.340 e. The highest BCUT2D eigenvalue weighted by molar-refractivity contribution is 5.90. The van der Waals surface area contributed by atoms with Gasteiger partial charge in [-0.1, -0.05) is 0 Å². The molecule has 0 aromatic heterocycles. The number of hydrogen-bond acceptors (Lipinski definition) is 4. The topological polar surface area (TPSA) is 41.6 Å². The van der Waals surface area contributed by atoms with Crippen LogP contribution in [0.15, 0.2) is 12.1 Å². The number of esters is 1. The van der Waals surface area contributed by atoms with E-state index in [0.29, 0.717) is 12.5 Å². The standard InChI is InChI=1S/C15H20F2N2O2/c1-19-7-5-10(6-8-19)9-18-12-4-3-11(15(20)21-2)13(16)14(12)17/h3-4,10,18H,5-9H2,1-2H3. The Morgan fingerprint density at radius 1 is 1.33 bits per heavy atom. The largest absolute Gasteiger partial charge is 0.465 e. The van der Waals surface area contributed by atoms with Crippen molar-refractivity contribution in [2.24, 2.45) is 5.92 Å². The Balaban J connectivity index is 2.01. The molecule has 2 rings (SSSR count). The fraction of sp³-hybridized carbons (Fsp3) is 0.533. The van der Waals surface area contributed by atoms with Gasteiger partial charge in [-0.15, -0.1) is 0 Å². The van der Waals surface area contributed by atoms with Crippen molar-refractivity contribution >= 4 is 11.7 Å². The Morgan fingerprint density at radius 2 is 2.00 bits per heavy atom. The van der Waals surface area contributed by atoms with Gasteiger partial charge >= 0.3 is 5.97 Å². The molecule has 0 unspecified atom stereocenters. The van der Waals surface area contributed by atoms with Crippen LogP contribution in [0.2, 0.25) is 0 Å². The summed E-state index contributed by atoms with van der Waals surface area (Å²) in [5.74, 6) is -2.64. The van der Waals surface area contributed by atoms with E-state index in [1.807, 2.05) is 0 Å². The van der Waals surface area contributed by atoms with Gasteiger partial charge in [-0.3, -0.25) is 0 Å². The highest BCUT2D eigenvalue weighted by atomic mass is 19.2. The molecule has 1 heterocycles. The monoisotopic (exact) mass is 298 g/mol. The molecule has 0 saturated carbocycles. The fourth-order valence-corrected chi connectivity index (χ4v) is 2.47. The Labute approximate surface area is 123 Å². The third-order valence-electron chi connectivity index (χ3n) is 3.91. The minimum atomic E-state index is -1.17. The van der Waals surface area contributed by atoms with Crippen LogP contribution in [0.5, 0.6) is 0 Å². The van der Waals surface area contributed by atoms with E-state index >= 15 is 0 Å². The van der Waals surface area contributed by atoms with Crippen molar-refractivity contribution in [2.45, 2.75) is 12.8 Å². The van der Waals surface area contributed by atoms with Gasteiger partial charge in [0, 0.05) is 6.54 Å². The predicted octanol–water partition coefficient (Wildman–Crippen LogP) is 2.51. The number of carbonyl (C=O) groups is 1. The maximum atomic E-state index is 13.9. The van der Waals surface area contributed by atoms with E-state index in [9.17, 15) is 13.6 Å². The maximum Gasteiger partial charge on any atom is 0.340 e. The number of nitrogens with one attached hydrogen (secondary N) is 1. The number of carbonyl (C=O) groups excluding carboxylic acids is 1. The van der Waals surface area contributed by atoms with Gasteiger partial charge in [-0.05, 0) is 51.0 Å². The maximum absolute atomic E-state index is 13.9. The van der Waals surface area contributed by atoms with Gasteiger partial charge in [0.1, 0.15) is 0 Å². The average Bonchev–Trinajstić information content (AvgIpc) is 2.49. The first kappa shape index (κ1) is 15.7. The van der Waals surface area contributed by atoms with Crippen LogP contribution in [0.4, 0.5) is 14.5 Å². The zero-order chi connectivity index (χ0) is 15.4. The van der Waals surface area contributed by atoms with Crippen LogP contribution in [0.3, 0.4) is 0 Å². The van der Waals surface area contributed by atoms with Gasteiger partial charge in [-0.25, -0.2) is 13.6 Å². The van der Waals surface area contributed by atoms with Crippen LogP contribution in [-0.4, -0.2) is 44.7 Å². The molecule has 4 nitrogen and oxygen atoms in total. The van der Waals surface area contributed by atoms with Gasteiger partial charge in [-0.2, -0.15) is 0 Å². The van der Waals surface area contributed by atoms with Crippen molar-refractivity contribution in [3.8, 4) is 0 Å². The molecule has 1 saturated heterocycles. The summed E-state index contributed by atoms with van der Waals surface area (Å²) >= 11 is 0. The van der Waals surface area contributed by atoms with Crippen molar-refractivity contribution in [2.75, 3.05) is 39.1 Å². The van der Waals surface area contributed by atoms with Gasteiger partial charge in [0.15, 0.2) is 11.6 Å². The van der Waals surface area contributed by atoms with E-state index in [1.165, 1.54) is 12.1 Å². The molecule has 6 heteroatoms. The summed E-state index contributed by atoms with van der Waals surface area (Å²) in [6, 6.07) is 2.61. The number of likely N-dealkylation sites (tertiary alicyclic amines) is 1.